The Balaban J connectivity index is 1.45. The number of unbranched alkanes of at least 4 members (excludes halogenated alkanes) is 2. The van der Waals surface area contributed by atoms with Crippen molar-refractivity contribution in [3.63, 3.8) is 0 Å². The first-order valence-corrected chi connectivity index (χ1v) is 13.8. The fourth-order valence-corrected chi connectivity index (χ4v) is 5.59. The summed E-state index contributed by atoms with van der Waals surface area (Å²) in [5.41, 5.74) is 1.33. The summed E-state index contributed by atoms with van der Waals surface area (Å²) in [4.78, 5) is 26.6. The number of carbonyl (C=O) groups excluding carboxylic acids is 2. The number of alkyl halides is 2. The number of likely N-dealkylation sites (tertiary alicyclic amines) is 1. The zero-order valence-corrected chi connectivity index (χ0v) is 22.4. The molecule has 5 nitrogen and oxygen atoms in total. The fourth-order valence-electron chi connectivity index (χ4n) is 4.63. The van der Waals surface area contributed by atoms with Crippen molar-refractivity contribution in [2.45, 2.75) is 76.4 Å². The topological polar surface area (TPSA) is 66.8 Å². The van der Waals surface area contributed by atoms with Crippen LogP contribution in [0.4, 0.5) is 8.78 Å². The Labute approximate surface area is 222 Å². The lowest BCUT2D eigenvalue weighted by atomic mass is 9.95. The number of amides is 1. The normalized spacial score (nSPS) is 18.9. The average Bonchev–Trinajstić information content (AvgIpc) is 3.45. The summed E-state index contributed by atoms with van der Waals surface area (Å²) < 4.78 is 33.2. The Morgan fingerprint density at radius 1 is 1.16 bits per heavy atom. The predicted octanol–water partition coefficient (Wildman–Crippen LogP) is 6.06. The maximum atomic E-state index is 14.2. The summed E-state index contributed by atoms with van der Waals surface area (Å²) in [5.74, 6) is -4.96. The van der Waals surface area contributed by atoms with E-state index in [2.05, 4.69) is 12.1 Å². The van der Waals surface area contributed by atoms with Gasteiger partial charge in [-0.25, -0.2) is 4.79 Å². The van der Waals surface area contributed by atoms with Crippen molar-refractivity contribution in [1.82, 2.24) is 4.90 Å². The van der Waals surface area contributed by atoms with Crippen LogP contribution in [0, 0.1) is 5.92 Å². The summed E-state index contributed by atoms with van der Waals surface area (Å²) >= 11 is 1.30. The van der Waals surface area contributed by atoms with Gasteiger partial charge in [-0.05, 0) is 55.7 Å². The third-order valence-corrected chi connectivity index (χ3v) is 8.02. The first kappa shape index (κ1) is 29.0. The standard InChI is InChI=1S/C29H37F2NO4S/c1-21(10-5-3-6-11-22-12-7-4-8-13-22)25(33)17-15-23-20-29(30,31)28(35)32(23)19-9-14-24-16-18-26(37-24)27(34)36-2/h4,7-8,12-13,15-18,21,23,25,33H,3,5-6,9-11,14,19-20H2,1-2H3/b17-15+/t21-,23-,25+/m0/s1. The maximum Gasteiger partial charge on any atom is 0.348 e. The zero-order valence-electron chi connectivity index (χ0n) is 21.6. The average molecular weight is 534 g/mol. The van der Waals surface area contributed by atoms with E-state index in [-0.39, 0.29) is 12.5 Å². The first-order valence-electron chi connectivity index (χ1n) is 13.0. The Kier molecular flexibility index (Phi) is 10.8. The molecule has 3 atom stereocenters. The smallest absolute Gasteiger partial charge is 0.348 e. The van der Waals surface area contributed by atoms with E-state index in [4.69, 9.17) is 4.74 Å². The number of carbonyl (C=O) groups is 2. The first-order chi connectivity index (χ1) is 17.7. The second-order valence-corrected chi connectivity index (χ2v) is 10.9. The van der Waals surface area contributed by atoms with Gasteiger partial charge in [-0.1, -0.05) is 62.2 Å². The van der Waals surface area contributed by atoms with Gasteiger partial charge in [0.25, 0.3) is 5.91 Å². The molecular weight excluding hydrogens is 496 g/mol. The summed E-state index contributed by atoms with van der Waals surface area (Å²) in [6.45, 7) is 2.14. The highest BCUT2D eigenvalue weighted by Crippen LogP contribution is 2.34. The molecule has 37 heavy (non-hydrogen) atoms. The summed E-state index contributed by atoms with van der Waals surface area (Å²) in [7, 11) is 1.32. The lowest BCUT2D eigenvalue weighted by molar-refractivity contribution is -0.148. The van der Waals surface area contributed by atoms with E-state index in [0.29, 0.717) is 17.7 Å². The molecule has 0 aliphatic carbocycles. The van der Waals surface area contributed by atoms with Crippen molar-refractivity contribution >= 4 is 23.2 Å². The van der Waals surface area contributed by atoms with E-state index in [1.54, 1.807) is 18.2 Å². The van der Waals surface area contributed by atoms with Gasteiger partial charge in [0.05, 0.1) is 19.3 Å². The number of methoxy groups -OCH3 is 1. The van der Waals surface area contributed by atoms with Gasteiger partial charge in [0.1, 0.15) is 4.88 Å². The summed E-state index contributed by atoms with van der Waals surface area (Å²) in [6.07, 6.45) is 7.91. The van der Waals surface area contributed by atoms with Gasteiger partial charge in [-0.2, -0.15) is 8.78 Å². The minimum atomic E-state index is -3.40. The molecule has 0 saturated carbocycles. The van der Waals surface area contributed by atoms with Gasteiger partial charge in [0.2, 0.25) is 0 Å². The highest BCUT2D eigenvalue weighted by molar-refractivity contribution is 7.13. The molecule has 2 heterocycles. The lowest BCUT2D eigenvalue weighted by Crippen LogP contribution is -2.36. The van der Waals surface area contributed by atoms with E-state index in [0.717, 1.165) is 37.0 Å². The van der Waals surface area contributed by atoms with E-state index in [9.17, 15) is 23.5 Å². The zero-order chi connectivity index (χ0) is 26.8. The monoisotopic (exact) mass is 533 g/mol. The number of rotatable bonds is 14. The molecule has 1 fully saturated rings. The Morgan fingerprint density at radius 2 is 1.92 bits per heavy atom. The molecule has 202 valence electrons. The van der Waals surface area contributed by atoms with Crippen molar-refractivity contribution in [2.24, 2.45) is 5.92 Å². The maximum absolute atomic E-state index is 14.2. The second kappa shape index (κ2) is 13.8. The predicted molar refractivity (Wildman–Crippen MR) is 142 cm³/mol. The molecule has 2 aromatic rings. The molecular formula is C29H37F2NO4S. The van der Waals surface area contributed by atoms with E-state index < -0.39 is 36.4 Å². The number of benzene rings is 1. The highest BCUT2D eigenvalue weighted by atomic mass is 32.1. The van der Waals surface area contributed by atoms with Gasteiger partial charge in [-0.3, -0.25) is 4.79 Å². The Bertz CT molecular complexity index is 1040. The minimum Gasteiger partial charge on any atom is -0.465 e. The van der Waals surface area contributed by atoms with Crippen LogP contribution in [0.3, 0.4) is 0 Å². The van der Waals surface area contributed by atoms with Crippen molar-refractivity contribution in [1.29, 1.82) is 0 Å². The van der Waals surface area contributed by atoms with Crippen molar-refractivity contribution in [2.75, 3.05) is 13.7 Å². The SMILES string of the molecule is COC(=O)c1ccc(CCCN2C(=O)C(F)(F)C[C@@H]2/C=C/[C@@H](O)[C@@H](C)CCCCCc2ccccc2)s1. The van der Waals surface area contributed by atoms with E-state index in [1.165, 1.54) is 28.9 Å². The van der Waals surface area contributed by atoms with Gasteiger partial charge >= 0.3 is 11.9 Å². The molecule has 0 spiro atoms. The number of aliphatic hydroxyl groups is 1. The van der Waals surface area contributed by atoms with Crippen LogP contribution in [0.15, 0.2) is 54.6 Å². The molecule has 8 heteroatoms. The minimum absolute atomic E-state index is 0.00174. The molecule has 0 bridgehead atoms. The largest absolute Gasteiger partial charge is 0.465 e. The third-order valence-electron chi connectivity index (χ3n) is 6.89. The van der Waals surface area contributed by atoms with Crippen molar-refractivity contribution in [3.8, 4) is 0 Å². The second-order valence-electron chi connectivity index (χ2n) is 9.77. The molecule has 3 rings (SSSR count). The number of hydrogen-bond acceptors (Lipinski definition) is 5. The molecule has 0 unspecified atom stereocenters. The third kappa shape index (κ3) is 8.47. The van der Waals surface area contributed by atoms with E-state index >= 15 is 0 Å². The fraction of sp³-hybridized carbons (Fsp3) is 0.517. The molecule has 1 amide bonds. The molecule has 1 aromatic heterocycles. The summed E-state index contributed by atoms with van der Waals surface area (Å²) in [5, 5.41) is 10.6. The van der Waals surface area contributed by atoms with E-state index in [1.807, 2.05) is 31.2 Å². The number of hydrogen-bond donors (Lipinski definition) is 1. The molecule has 1 saturated heterocycles. The van der Waals surface area contributed by atoms with Gasteiger partial charge < -0.3 is 14.7 Å². The van der Waals surface area contributed by atoms with Gasteiger partial charge in [-0.15, -0.1) is 11.3 Å². The van der Waals surface area contributed by atoms with Crippen LogP contribution < -0.4 is 0 Å². The quantitative estimate of drug-likeness (QED) is 0.182. The van der Waals surface area contributed by atoms with Gasteiger partial charge in [0, 0.05) is 17.8 Å². The number of halogens is 2. The Hall–Kier alpha value is -2.58. The highest BCUT2D eigenvalue weighted by Gasteiger charge is 2.52. The molecule has 1 aliphatic rings. The number of thiophene rings is 1. The van der Waals surface area contributed by atoms with Crippen molar-refractivity contribution < 1.29 is 28.2 Å². The van der Waals surface area contributed by atoms with Crippen LogP contribution in [-0.2, 0) is 22.4 Å². The summed E-state index contributed by atoms with van der Waals surface area (Å²) in [6, 6.07) is 13.1. The van der Waals surface area contributed by atoms with Crippen LogP contribution in [-0.4, -0.2) is 53.6 Å². The van der Waals surface area contributed by atoms with Crippen LogP contribution in [0.5, 0.6) is 0 Å². The lowest BCUT2D eigenvalue weighted by Gasteiger charge is -2.22. The number of ether oxygens (including phenoxy) is 1. The molecule has 1 aliphatic heterocycles. The van der Waals surface area contributed by atoms with Crippen LogP contribution in [0.25, 0.3) is 0 Å². The molecule has 0 radical (unpaired) electrons. The van der Waals surface area contributed by atoms with Crippen LogP contribution >= 0.6 is 11.3 Å². The van der Waals surface area contributed by atoms with Gasteiger partial charge in [0.15, 0.2) is 0 Å². The number of aliphatic hydroxyl groups excluding tert-OH is 1. The number of aryl methyl sites for hydroxylation is 2. The Morgan fingerprint density at radius 3 is 2.65 bits per heavy atom. The molecule has 1 aromatic carbocycles. The van der Waals surface area contributed by atoms with Crippen LogP contribution in [0.1, 0.15) is 65.6 Å². The molecule has 1 N–H and O–H groups in total. The number of nitrogens with zero attached hydrogens (tertiary/aromatic N) is 1. The van der Waals surface area contributed by atoms with Crippen LogP contribution in [0.2, 0.25) is 0 Å². The number of esters is 1. The van der Waals surface area contributed by atoms with Crippen molar-refractivity contribution in [3.05, 3.63) is 69.9 Å².